The van der Waals surface area contributed by atoms with E-state index in [1.54, 1.807) is 7.11 Å². The molecule has 1 heterocycles. The van der Waals surface area contributed by atoms with Crippen LogP contribution in [0.5, 0.6) is 5.75 Å². The SMILES string of the molecule is CCN(CC)c1nc(N)c(C#N)c(C(C#N)Cc2cccc(OC)c2)c1C#N. The summed E-state index contributed by atoms with van der Waals surface area (Å²) in [4.78, 5) is 6.19. The van der Waals surface area contributed by atoms with E-state index in [2.05, 4.69) is 17.1 Å². The number of benzene rings is 1. The first kappa shape index (κ1) is 20.6. The molecule has 7 heteroatoms. The van der Waals surface area contributed by atoms with E-state index in [1.165, 1.54) is 0 Å². The van der Waals surface area contributed by atoms with Gasteiger partial charge < -0.3 is 15.4 Å². The largest absolute Gasteiger partial charge is 0.497 e. The highest BCUT2D eigenvalue weighted by atomic mass is 16.5. The number of anilines is 2. The first-order chi connectivity index (χ1) is 13.5. The number of nitrogens with two attached hydrogens (primary N) is 1. The quantitative estimate of drug-likeness (QED) is 0.789. The molecule has 0 fully saturated rings. The van der Waals surface area contributed by atoms with Crippen molar-refractivity contribution in [3.05, 3.63) is 46.5 Å². The summed E-state index contributed by atoms with van der Waals surface area (Å²) in [6, 6.07) is 13.8. The Balaban J connectivity index is 2.67. The minimum atomic E-state index is -0.726. The summed E-state index contributed by atoms with van der Waals surface area (Å²) < 4.78 is 5.24. The molecule has 0 bridgehead atoms. The Morgan fingerprint density at radius 3 is 2.36 bits per heavy atom. The van der Waals surface area contributed by atoms with Crippen LogP contribution in [0, 0.1) is 34.0 Å². The summed E-state index contributed by atoms with van der Waals surface area (Å²) in [5, 5.41) is 29.3. The highest BCUT2D eigenvalue weighted by molar-refractivity contribution is 5.70. The summed E-state index contributed by atoms with van der Waals surface area (Å²) in [6.45, 7) is 5.13. The fourth-order valence-corrected chi connectivity index (χ4v) is 3.18. The molecule has 1 unspecified atom stereocenters. The van der Waals surface area contributed by atoms with Crippen LogP contribution >= 0.6 is 0 Å². The van der Waals surface area contributed by atoms with E-state index in [0.717, 1.165) is 5.56 Å². The maximum Gasteiger partial charge on any atom is 0.149 e. The van der Waals surface area contributed by atoms with Gasteiger partial charge in [0.2, 0.25) is 0 Å². The lowest BCUT2D eigenvalue weighted by Gasteiger charge is -2.24. The van der Waals surface area contributed by atoms with E-state index in [0.29, 0.717) is 36.6 Å². The van der Waals surface area contributed by atoms with Gasteiger partial charge in [-0.1, -0.05) is 12.1 Å². The third-order valence-electron chi connectivity index (χ3n) is 4.61. The molecule has 0 spiro atoms. The first-order valence-corrected chi connectivity index (χ1v) is 8.95. The zero-order chi connectivity index (χ0) is 20.7. The molecular weight excluding hydrogens is 352 g/mol. The number of aromatic nitrogens is 1. The molecule has 1 aromatic heterocycles. The van der Waals surface area contributed by atoms with E-state index in [4.69, 9.17) is 10.5 Å². The average molecular weight is 374 g/mol. The van der Waals surface area contributed by atoms with Crippen molar-refractivity contribution in [1.82, 2.24) is 4.98 Å². The molecule has 0 aliphatic heterocycles. The van der Waals surface area contributed by atoms with Gasteiger partial charge in [0.05, 0.1) is 19.1 Å². The van der Waals surface area contributed by atoms with Crippen LogP contribution in [0.1, 0.15) is 42.0 Å². The topological polar surface area (TPSA) is 123 Å². The maximum atomic E-state index is 9.87. The van der Waals surface area contributed by atoms with Crippen molar-refractivity contribution in [3.8, 4) is 24.0 Å². The van der Waals surface area contributed by atoms with Crippen molar-refractivity contribution in [2.45, 2.75) is 26.2 Å². The van der Waals surface area contributed by atoms with Gasteiger partial charge in [-0.15, -0.1) is 0 Å². The second-order valence-electron chi connectivity index (χ2n) is 6.12. The first-order valence-electron chi connectivity index (χ1n) is 8.95. The van der Waals surface area contributed by atoms with Crippen LogP contribution < -0.4 is 15.4 Å². The van der Waals surface area contributed by atoms with Crippen molar-refractivity contribution in [2.24, 2.45) is 0 Å². The molecule has 0 saturated heterocycles. The Hall–Kier alpha value is -3.76. The maximum absolute atomic E-state index is 9.87. The Bertz CT molecular complexity index is 976. The normalized spacial score (nSPS) is 11.0. The number of nitrogen functional groups attached to an aromatic ring is 1. The van der Waals surface area contributed by atoms with E-state index in [1.807, 2.05) is 49.1 Å². The van der Waals surface area contributed by atoms with Gasteiger partial charge in [0.15, 0.2) is 0 Å². The van der Waals surface area contributed by atoms with Gasteiger partial charge in [-0.3, -0.25) is 0 Å². The van der Waals surface area contributed by atoms with Gasteiger partial charge in [0, 0.05) is 18.7 Å². The number of ether oxygens (including phenoxy) is 1. The fourth-order valence-electron chi connectivity index (χ4n) is 3.18. The molecule has 0 saturated carbocycles. The van der Waals surface area contributed by atoms with Crippen LogP contribution in [0.25, 0.3) is 0 Å². The zero-order valence-corrected chi connectivity index (χ0v) is 16.2. The summed E-state index contributed by atoms with van der Waals surface area (Å²) in [5.74, 6) is 0.387. The number of nitrogens with zero attached hydrogens (tertiary/aromatic N) is 5. The lowest BCUT2D eigenvalue weighted by atomic mass is 9.87. The van der Waals surface area contributed by atoms with Gasteiger partial charge in [-0.2, -0.15) is 15.8 Å². The van der Waals surface area contributed by atoms with Crippen LogP contribution in [0.15, 0.2) is 24.3 Å². The molecule has 0 amide bonds. The second kappa shape index (κ2) is 9.26. The lowest BCUT2D eigenvalue weighted by molar-refractivity contribution is 0.414. The van der Waals surface area contributed by atoms with Crippen molar-refractivity contribution in [2.75, 3.05) is 30.8 Å². The van der Waals surface area contributed by atoms with Gasteiger partial charge in [0.25, 0.3) is 0 Å². The van der Waals surface area contributed by atoms with Gasteiger partial charge in [-0.25, -0.2) is 4.98 Å². The Morgan fingerprint density at radius 1 is 1.14 bits per heavy atom. The van der Waals surface area contributed by atoms with Crippen LogP contribution in [0.2, 0.25) is 0 Å². The predicted molar refractivity (Wildman–Crippen MR) is 107 cm³/mol. The molecule has 28 heavy (non-hydrogen) atoms. The highest BCUT2D eigenvalue weighted by Gasteiger charge is 2.27. The van der Waals surface area contributed by atoms with Crippen molar-refractivity contribution < 1.29 is 4.74 Å². The van der Waals surface area contributed by atoms with Crippen LogP contribution in [-0.4, -0.2) is 25.2 Å². The van der Waals surface area contributed by atoms with Gasteiger partial charge >= 0.3 is 0 Å². The smallest absolute Gasteiger partial charge is 0.149 e. The molecule has 142 valence electrons. The Morgan fingerprint density at radius 2 is 1.82 bits per heavy atom. The molecule has 2 N–H and O–H groups in total. The van der Waals surface area contributed by atoms with Crippen LogP contribution in [0.4, 0.5) is 11.6 Å². The molecule has 0 radical (unpaired) electrons. The molecule has 2 rings (SSSR count). The summed E-state index contributed by atoms with van der Waals surface area (Å²) in [6.07, 6.45) is 0.318. The van der Waals surface area contributed by atoms with Crippen LogP contribution in [-0.2, 0) is 6.42 Å². The van der Waals surface area contributed by atoms with Crippen molar-refractivity contribution >= 4 is 11.6 Å². The monoisotopic (exact) mass is 374 g/mol. The van der Waals surface area contributed by atoms with E-state index in [9.17, 15) is 15.8 Å². The van der Waals surface area contributed by atoms with Crippen molar-refractivity contribution in [3.63, 3.8) is 0 Å². The third-order valence-corrected chi connectivity index (χ3v) is 4.61. The second-order valence-corrected chi connectivity index (χ2v) is 6.12. The minimum Gasteiger partial charge on any atom is -0.497 e. The third kappa shape index (κ3) is 3.98. The molecular formula is C21H22N6O. The van der Waals surface area contributed by atoms with E-state index >= 15 is 0 Å². The number of hydrogen-bond acceptors (Lipinski definition) is 7. The van der Waals surface area contributed by atoms with Crippen molar-refractivity contribution in [1.29, 1.82) is 15.8 Å². The zero-order valence-electron chi connectivity index (χ0n) is 16.2. The summed E-state index contributed by atoms with van der Waals surface area (Å²) >= 11 is 0. The lowest BCUT2D eigenvalue weighted by Crippen LogP contribution is -2.26. The standard InChI is InChI=1S/C21H22N6O/c1-4-27(5-2)21-18(13-24)19(17(12-23)20(25)26-21)15(11-22)9-14-7-6-8-16(10-14)28-3/h6-8,10,15H,4-5,9H2,1-3H3,(H2,25,26). The number of hydrogen-bond donors (Lipinski definition) is 1. The number of pyridine rings is 1. The number of methoxy groups -OCH3 is 1. The summed E-state index contributed by atoms with van der Waals surface area (Å²) in [7, 11) is 1.57. The molecule has 1 aromatic carbocycles. The minimum absolute atomic E-state index is 0.0318. The molecule has 1 atom stereocenters. The highest BCUT2D eigenvalue weighted by Crippen LogP contribution is 2.34. The average Bonchev–Trinajstić information content (AvgIpc) is 2.72. The molecule has 7 nitrogen and oxygen atoms in total. The predicted octanol–water partition coefficient (Wildman–Crippen LogP) is 3.11. The summed E-state index contributed by atoms with van der Waals surface area (Å²) in [5.41, 5.74) is 7.54. The molecule has 2 aromatic rings. The molecule has 0 aliphatic carbocycles. The number of nitriles is 3. The van der Waals surface area contributed by atoms with Gasteiger partial charge in [-0.05, 0) is 38.0 Å². The molecule has 0 aliphatic rings. The van der Waals surface area contributed by atoms with Gasteiger partial charge in [0.1, 0.15) is 40.7 Å². The Kier molecular flexibility index (Phi) is 6.79. The van der Waals surface area contributed by atoms with E-state index in [-0.39, 0.29) is 16.9 Å². The van der Waals surface area contributed by atoms with E-state index < -0.39 is 5.92 Å². The number of rotatable bonds is 7. The van der Waals surface area contributed by atoms with Crippen LogP contribution in [0.3, 0.4) is 0 Å². The Labute approximate surface area is 165 Å². The fraction of sp³-hybridized carbons (Fsp3) is 0.333.